The molecule has 0 atom stereocenters. The number of benzene rings is 1. The second-order valence-electron chi connectivity index (χ2n) is 6.20. The van der Waals surface area contributed by atoms with E-state index in [-0.39, 0.29) is 0 Å². The fourth-order valence-corrected chi connectivity index (χ4v) is 3.13. The lowest BCUT2D eigenvalue weighted by atomic mass is 10.2. The minimum atomic E-state index is 0.430. The Hall–Kier alpha value is -3.39. The van der Waals surface area contributed by atoms with Gasteiger partial charge < -0.3 is 9.64 Å². The third kappa shape index (κ3) is 3.00. The summed E-state index contributed by atoms with van der Waals surface area (Å²) in [5, 5.41) is 8.93. The number of ether oxygens (including phenoxy) is 1. The van der Waals surface area contributed by atoms with Crippen molar-refractivity contribution in [2.75, 3.05) is 31.2 Å². The summed E-state index contributed by atoms with van der Waals surface area (Å²) in [6.45, 7) is 2.88. The van der Waals surface area contributed by atoms with E-state index in [2.05, 4.69) is 25.1 Å². The number of hydrogen-bond acceptors (Lipinski definition) is 7. The minimum absolute atomic E-state index is 0.430. The van der Waals surface area contributed by atoms with Crippen LogP contribution in [-0.4, -0.2) is 56.2 Å². The van der Waals surface area contributed by atoms with Crippen LogP contribution >= 0.6 is 0 Å². The highest BCUT2D eigenvalue weighted by atomic mass is 16.5. The molecule has 0 spiro atoms. The molecule has 27 heavy (non-hydrogen) atoms. The Morgan fingerprint density at radius 3 is 2.63 bits per heavy atom. The van der Waals surface area contributed by atoms with Crippen molar-refractivity contribution in [1.82, 2.24) is 29.9 Å². The second-order valence-corrected chi connectivity index (χ2v) is 6.20. The molecule has 1 aromatic carbocycles. The van der Waals surface area contributed by atoms with Gasteiger partial charge in [0.25, 0.3) is 5.95 Å². The molecule has 1 saturated heterocycles. The number of aromatic nitrogens is 6. The van der Waals surface area contributed by atoms with Crippen molar-refractivity contribution in [3.8, 4) is 17.2 Å². The Morgan fingerprint density at radius 1 is 0.926 bits per heavy atom. The van der Waals surface area contributed by atoms with E-state index in [9.17, 15) is 0 Å². The van der Waals surface area contributed by atoms with Gasteiger partial charge in [-0.15, -0.1) is 9.90 Å². The van der Waals surface area contributed by atoms with Gasteiger partial charge in [0.1, 0.15) is 11.2 Å². The molecule has 0 bridgehead atoms. The zero-order valence-corrected chi connectivity index (χ0v) is 14.6. The fraction of sp³-hybridized carbons (Fsp3) is 0.211. The number of pyridine rings is 1. The Kier molecular flexibility index (Phi) is 3.95. The fourth-order valence-electron chi connectivity index (χ4n) is 3.13. The topological polar surface area (TPSA) is 81.9 Å². The average Bonchev–Trinajstić information content (AvgIpc) is 3.25. The van der Waals surface area contributed by atoms with Gasteiger partial charge in [0, 0.05) is 24.8 Å². The molecule has 0 radical (unpaired) electrons. The summed E-state index contributed by atoms with van der Waals surface area (Å²) in [5.41, 5.74) is 3.32. The average molecular weight is 359 g/mol. The lowest BCUT2D eigenvalue weighted by Gasteiger charge is -2.28. The Bertz CT molecular complexity index is 1070. The molecule has 0 N–H and O–H groups in total. The maximum atomic E-state index is 5.47. The summed E-state index contributed by atoms with van der Waals surface area (Å²) >= 11 is 0. The van der Waals surface area contributed by atoms with E-state index < -0.39 is 0 Å². The first kappa shape index (κ1) is 15.8. The van der Waals surface area contributed by atoms with Crippen LogP contribution < -0.4 is 4.90 Å². The van der Waals surface area contributed by atoms with Crippen LogP contribution in [0.4, 0.5) is 5.82 Å². The predicted molar refractivity (Wildman–Crippen MR) is 101 cm³/mol. The molecule has 134 valence electrons. The van der Waals surface area contributed by atoms with Crippen LogP contribution in [0.15, 0.2) is 54.9 Å². The minimum Gasteiger partial charge on any atom is -0.378 e. The standard InChI is InChI=1S/C19H17N7O/c1-2-5-14(6-3-1)16-13-21-26(24-16)19-22-15-7-4-8-20-17(15)18(23-19)25-9-11-27-12-10-25/h1-8,13H,9-12H2. The molecule has 1 aliphatic rings. The van der Waals surface area contributed by atoms with E-state index in [1.165, 1.54) is 4.80 Å². The SMILES string of the molecule is c1ccc(-c2cnn(-c3nc(N4CCOCC4)c4ncccc4n3)n2)cc1. The van der Waals surface area contributed by atoms with E-state index in [0.29, 0.717) is 19.2 Å². The van der Waals surface area contributed by atoms with Gasteiger partial charge in [-0.05, 0) is 12.1 Å². The number of fused-ring (bicyclic) bond motifs is 1. The smallest absolute Gasteiger partial charge is 0.271 e. The molecule has 0 amide bonds. The molecule has 1 fully saturated rings. The van der Waals surface area contributed by atoms with E-state index in [4.69, 9.17) is 9.72 Å². The number of anilines is 1. The first-order valence-corrected chi connectivity index (χ1v) is 8.82. The summed E-state index contributed by atoms with van der Waals surface area (Å²) in [7, 11) is 0. The van der Waals surface area contributed by atoms with Crippen LogP contribution in [0, 0.1) is 0 Å². The largest absolute Gasteiger partial charge is 0.378 e. The quantitative estimate of drug-likeness (QED) is 0.554. The zero-order chi connectivity index (χ0) is 18.1. The normalized spacial score (nSPS) is 14.6. The van der Waals surface area contributed by atoms with E-state index in [0.717, 1.165) is 41.2 Å². The molecule has 4 aromatic rings. The molecule has 8 heteroatoms. The van der Waals surface area contributed by atoms with Gasteiger partial charge >= 0.3 is 0 Å². The molecule has 3 aromatic heterocycles. The number of rotatable bonds is 3. The Labute approximate surface area is 155 Å². The van der Waals surface area contributed by atoms with Crippen LogP contribution in [0.5, 0.6) is 0 Å². The summed E-state index contributed by atoms with van der Waals surface area (Å²) in [6.07, 6.45) is 3.48. The van der Waals surface area contributed by atoms with Gasteiger partial charge in [-0.25, -0.2) is 4.98 Å². The van der Waals surface area contributed by atoms with Crippen molar-refractivity contribution < 1.29 is 4.74 Å². The summed E-state index contributed by atoms with van der Waals surface area (Å²) in [5.74, 6) is 1.22. The predicted octanol–water partition coefficient (Wildman–Crippen LogP) is 2.11. The van der Waals surface area contributed by atoms with Gasteiger partial charge in [-0.1, -0.05) is 30.3 Å². The lowest BCUT2D eigenvalue weighted by molar-refractivity contribution is 0.122. The van der Waals surface area contributed by atoms with Gasteiger partial charge in [0.05, 0.1) is 24.9 Å². The van der Waals surface area contributed by atoms with Gasteiger partial charge in [0.2, 0.25) is 0 Å². The molecule has 1 aliphatic heterocycles. The monoisotopic (exact) mass is 359 g/mol. The zero-order valence-electron chi connectivity index (χ0n) is 14.6. The first-order chi connectivity index (χ1) is 13.4. The highest BCUT2D eigenvalue weighted by Crippen LogP contribution is 2.24. The van der Waals surface area contributed by atoms with Crippen molar-refractivity contribution in [2.24, 2.45) is 0 Å². The van der Waals surface area contributed by atoms with Crippen LogP contribution in [0.1, 0.15) is 0 Å². The van der Waals surface area contributed by atoms with Crippen LogP contribution in [-0.2, 0) is 4.74 Å². The Morgan fingerprint density at radius 2 is 1.78 bits per heavy atom. The van der Waals surface area contributed by atoms with E-state index in [1.807, 2.05) is 42.5 Å². The highest BCUT2D eigenvalue weighted by molar-refractivity contribution is 5.86. The number of nitrogens with zero attached hydrogens (tertiary/aromatic N) is 7. The molecule has 0 unspecified atom stereocenters. The summed E-state index contributed by atoms with van der Waals surface area (Å²) in [6, 6.07) is 13.7. The highest BCUT2D eigenvalue weighted by Gasteiger charge is 2.19. The molecule has 0 saturated carbocycles. The van der Waals surface area contributed by atoms with Crippen LogP contribution in [0.3, 0.4) is 0 Å². The van der Waals surface area contributed by atoms with Crippen LogP contribution in [0.25, 0.3) is 28.2 Å². The van der Waals surface area contributed by atoms with Crippen molar-refractivity contribution in [1.29, 1.82) is 0 Å². The Balaban J connectivity index is 1.60. The number of hydrogen-bond donors (Lipinski definition) is 0. The molecule has 5 rings (SSSR count). The summed E-state index contributed by atoms with van der Waals surface area (Å²) in [4.78, 5) is 17.5. The lowest BCUT2D eigenvalue weighted by Crippen LogP contribution is -2.37. The molecule has 0 aliphatic carbocycles. The van der Waals surface area contributed by atoms with Crippen molar-refractivity contribution >= 4 is 16.9 Å². The molecular weight excluding hydrogens is 342 g/mol. The third-order valence-electron chi connectivity index (χ3n) is 4.48. The molecule has 4 heterocycles. The maximum absolute atomic E-state index is 5.47. The van der Waals surface area contributed by atoms with Crippen molar-refractivity contribution in [2.45, 2.75) is 0 Å². The summed E-state index contributed by atoms with van der Waals surface area (Å²) < 4.78 is 5.47. The van der Waals surface area contributed by atoms with Crippen molar-refractivity contribution in [3.05, 3.63) is 54.9 Å². The van der Waals surface area contributed by atoms with Gasteiger partial charge in [0.15, 0.2) is 5.82 Å². The molecular formula is C19H17N7O. The van der Waals surface area contributed by atoms with Gasteiger partial charge in [-0.2, -0.15) is 10.1 Å². The van der Waals surface area contributed by atoms with E-state index in [1.54, 1.807) is 12.4 Å². The number of morpholine rings is 1. The van der Waals surface area contributed by atoms with Gasteiger partial charge in [-0.3, -0.25) is 4.98 Å². The van der Waals surface area contributed by atoms with Crippen molar-refractivity contribution in [3.63, 3.8) is 0 Å². The third-order valence-corrected chi connectivity index (χ3v) is 4.48. The first-order valence-electron chi connectivity index (χ1n) is 8.82. The maximum Gasteiger partial charge on any atom is 0.271 e. The second kappa shape index (κ2) is 6.73. The van der Waals surface area contributed by atoms with E-state index >= 15 is 0 Å². The van der Waals surface area contributed by atoms with Crippen LogP contribution in [0.2, 0.25) is 0 Å². The molecule has 8 nitrogen and oxygen atoms in total.